The summed E-state index contributed by atoms with van der Waals surface area (Å²) in [4.78, 5) is 0. The van der Waals surface area contributed by atoms with E-state index >= 15 is 0 Å². The van der Waals surface area contributed by atoms with Gasteiger partial charge >= 0.3 is 0 Å². The van der Waals surface area contributed by atoms with Gasteiger partial charge in [0.2, 0.25) is 0 Å². The van der Waals surface area contributed by atoms with Gasteiger partial charge in [0.25, 0.3) is 0 Å². The second kappa shape index (κ2) is 8.55. The van der Waals surface area contributed by atoms with Crippen molar-refractivity contribution in [3.05, 3.63) is 0 Å². The van der Waals surface area contributed by atoms with Gasteiger partial charge in [-0.1, -0.05) is 40.0 Å². The predicted molar refractivity (Wildman–Crippen MR) is 98.0 cm³/mol. The van der Waals surface area contributed by atoms with Crippen LogP contribution in [0.4, 0.5) is 0 Å². The Hall–Kier alpha value is 0.234. The molecule has 0 aromatic heterocycles. The molecule has 4 atom stereocenters. The van der Waals surface area contributed by atoms with Crippen molar-refractivity contribution in [1.82, 2.24) is 0 Å². The number of hydrogen-bond acceptors (Lipinski definition) is 4. The summed E-state index contributed by atoms with van der Waals surface area (Å²) < 4.78 is 22.8. The van der Waals surface area contributed by atoms with Crippen molar-refractivity contribution in [2.45, 2.75) is 89.8 Å². The summed E-state index contributed by atoms with van der Waals surface area (Å²) in [5, 5.41) is 0. The molecule has 0 aliphatic carbocycles. The van der Waals surface area contributed by atoms with Gasteiger partial charge in [-0.15, -0.1) is 0 Å². The van der Waals surface area contributed by atoms with Crippen molar-refractivity contribution in [3.8, 4) is 0 Å². The second-order valence-electron chi connectivity index (χ2n) is 8.00. The van der Waals surface area contributed by atoms with Crippen LogP contribution in [0, 0.1) is 0 Å². The van der Waals surface area contributed by atoms with Gasteiger partial charge in [0.1, 0.15) is 12.2 Å². The Morgan fingerprint density at radius 3 is 1.39 bits per heavy atom. The normalized spacial score (nSPS) is 30.0. The highest BCUT2D eigenvalue weighted by Crippen LogP contribution is 2.40. The molecular formula is C16H36O5Si2. The Morgan fingerprint density at radius 1 is 0.739 bits per heavy atom. The maximum atomic E-state index is 5.72. The topological polar surface area (TPSA) is 75.0 Å². The van der Waals surface area contributed by atoms with Crippen LogP contribution in [-0.2, 0) is 18.9 Å². The van der Waals surface area contributed by atoms with Crippen LogP contribution in [0.15, 0.2) is 0 Å². The molecule has 4 unspecified atom stereocenters. The van der Waals surface area contributed by atoms with Crippen LogP contribution < -0.4 is 0 Å². The van der Waals surface area contributed by atoms with Crippen molar-refractivity contribution in [2.75, 3.05) is 13.2 Å². The average molecular weight is 365 g/mol. The molecule has 0 bridgehead atoms. The molecule has 0 spiro atoms. The summed E-state index contributed by atoms with van der Waals surface area (Å²) in [6.45, 7) is 16.0. The van der Waals surface area contributed by atoms with Crippen LogP contribution >= 0.6 is 0 Å². The molecule has 138 valence electrons. The van der Waals surface area contributed by atoms with E-state index in [0.29, 0.717) is 12.2 Å². The first kappa shape index (κ1) is 21.3. The van der Waals surface area contributed by atoms with Gasteiger partial charge in [0, 0.05) is 28.4 Å². The molecule has 2 fully saturated rings. The minimum absolute atomic E-state index is 0. The SMILES string of the molecule is CCCOC1OC1C[Si](C)(C)[Si](C)(C)CC1OC1OCCC.O. The van der Waals surface area contributed by atoms with Crippen LogP contribution in [-0.4, -0.2) is 58.7 Å². The van der Waals surface area contributed by atoms with Crippen molar-refractivity contribution >= 4 is 15.2 Å². The van der Waals surface area contributed by atoms with E-state index in [4.69, 9.17) is 18.9 Å². The van der Waals surface area contributed by atoms with Crippen molar-refractivity contribution in [1.29, 1.82) is 0 Å². The first-order chi connectivity index (χ1) is 10.3. The molecule has 2 heterocycles. The van der Waals surface area contributed by atoms with E-state index in [0.717, 1.165) is 26.1 Å². The van der Waals surface area contributed by atoms with Crippen molar-refractivity contribution in [3.63, 3.8) is 0 Å². The highest BCUT2D eigenvalue weighted by Gasteiger charge is 2.53. The smallest absolute Gasteiger partial charge is 0.184 e. The molecule has 2 N–H and O–H groups in total. The summed E-state index contributed by atoms with van der Waals surface area (Å²) in [5.41, 5.74) is 0. The van der Waals surface area contributed by atoms with Gasteiger partial charge in [-0.2, -0.15) is 0 Å². The lowest BCUT2D eigenvalue weighted by Gasteiger charge is -2.38. The first-order valence-electron chi connectivity index (χ1n) is 8.85. The molecule has 23 heavy (non-hydrogen) atoms. The van der Waals surface area contributed by atoms with Gasteiger partial charge in [0.15, 0.2) is 12.6 Å². The van der Waals surface area contributed by atoms with E-state index in [1.54, 1.807) is 0 Å². The Bertz CT molecular complexity index is 330. The summed E-state index contributed by atoms with van der Waals surface area (Å²) in [5.74, 6) is 0. The fourth-order valence-electron chi connectivity index (χ4n) is 2.86. The van der Waals surface area contributed by atoms with Crippen LogP contribution in [0.3, 0.4) is 0 Å². The van der Waals surface area contributed by atoms with Crippen LogP contribution in [0.5, 0.6) is 0 Å². The maximum absolute atomic E-state index is 5.72. The van der Waals surface area contributed by atoms with E-state index in [1.807, 2.05) is 0 Å². The monoisotopic (exact) mass is 364 g/mol. The van der Waals surface area contributed by atoms with E-state index in [9.17, 15) is 0 Å². The van der Waals surface area contributed by atoms with Gasteiger partial charge in [-0.3, -0.25) is 0 Å². The van der Waals surface area contributed by atoms with Crippen LogP contribution in [0.25, 0.3) is 0 Å². The quantitative estimate of drug-likeness (QED) is 0.417. The highest BCUT2D eigenvalue weighted by molar-refractivity contribution is 7.40. The third-order valence-corrected chi connectivity index (χ3v) is 24.0. The zero-order chi connectivity index (χ0) is 16.4. The molecule has 0 amide bonds. The fraction of sp³-hybridized carbons (Fsp3) is 1.00. The first-order valence-corrected chi connectivity index (χ1v) is 16.3. The minimum atomic E-state index is -1.30. The molecule has 7 heteroatoms. The third kappa shape index (κ3) is 5.91. The van der Waals surface area contributed by atoms with Gasteiger partial charge in [0.05, 0.1) is 0 Å². The number of epoxide rings is 2. The largest absolute Gasteiger partial charge is 0.412 e. The number of hydrogen-bond donors (Lipinski definition) is 0. The van der Waals surface area contributed by atoms with E-state index < -0.39 is 15.2 Å². The third-order valence-electron chi connectivity index (χ3n) is 5.30. The fourth-order valence-corrected chi connectivity index (χ4v) is 11.1. The van der Waals surface area contributed by atoms with Crippen LogP contribution in [0.2, 0.25) is 38.3 Å². The molecule has 0 saturated carbocycles. The zero-order valence-electron chi connectivity index (χ0n) is 15.7. The number of rotatable bonds is 11. The molecule has 2 rings (SSSR count). The molecule has 2 aliphatic heterocycles. The summed E-state index contributed by atoms with van der Waals surface area (Å²) >= 11 is 0. The minimum Gasteiger partial charge on any atom is -0.412 e. The van der Waals surface area contributed by atoms with E-state index in [-0.39, 0.29) is 18.1 Å². The Labute approximate surface area is 143 Å². The molecule has 0 aromatic rings. The summed E-state index contributed by atoms with van der Waals surface area (Å²) in [6.07, 6.45) is 2.99. The number of ether oxygens (including phenoxy) is 4. The van der Waals surface area contributed by atoms with Gasteiger partial charge < -0.3 is 24.4 Å². The van der Waals surface area contributed by atoms with Gasteiger partial charge in [-0.25, -0.2) is 0 Å². The van der Waals surface area contributed by atoms with E-state index in [2.05, 4.69) is 40.0 Å². The molecule has 2 saturated heterocycles. The van der Waals surface area contributed by atoms with Crippen LogP contribution in [0.1, 0.15) is 26.7 Å². The standard InChI is InChI=1S/C16H34O4Si2.H2O/c1-7-9-17-15-13(19-15)11-21(3,4)22(5,6)12-14-16(20-14)18-10-8-2;/h13-16H,7-12H2,1-6H3;1H2. The molecule has 0 radical (unpaired) electrons. The maximum Gasteiger partial charge on any atom is 0.184 e. The lowest BCUT2D eigenvalue weighted by atomic mass is 10.5. The predicted octanol–water partition coefficient (Wildman–Crippen LogP) is 2.96. The summed E-state index contributed by atoms with van der Waals surface area (Å²) in [7, 11) is -2.60. The molecule has 2 aliphatic rings. The highest BCUT2D eigenvalue weighted by atomic mass is 29.3. The zero-order valence-corrected chi connectivity index (χ0v) is 17.7. The molecule has 0 aromatic carbocycles. The lowest BCUT2D eigenvalue weighted by Crippen LogP contribution is -2.56. The molecule has 5 nitrogen and oxygen atoms in total. The van der Waals surface area contributed by atoms with Crippen molar-refractivity contribution in [2.24, 2.45) is 0 Å². The Morgan fingerprint density at radius 2 is 1.09 bits per heavy atom. The molecular weight excluding hydrogens is 328 g/mol. The lowest BCUT2D eigenvalue weighted by molar-refractivity contribution is 0.0505. The average Bonchev–Trinajstić information content (AvgIpc) is 3.32. The summed E-state index contributed by atoms with van der Waals surface area (Å²) in [6, 6.07) is 2.46. The Balaban J connectivity index is 0.00000264. The van der Waals surface area contributed by atoms with E-state index in [1.165, 1.54) is 12.1 Å². The Kier molecular flexibility index (Phi) is 7.91. The second-order valence-corrected chi connectivity index (χ2v) is 24.5. The van der Waals surface area contributed by atoms with Gasteiger partial charge in [-0.05, 0) is 24.9 Å². The van der Waals surface area contributed by atoms with Crippen molar-refractivity contribution < 1.29 is 24.4 Å².